The van der Waals surface area contributed by atoms with Crippen molar-refractivity contribution in [2.45, 2.75) is 68.2 Å². The van der Waals surface area contributed by atoms with Crippen molar-refractivity contribution < 1.29 is 24.2 Å². The highest BCUT2D eigenvalue weighted by atomic mass is 32.2. The summed E-state index contributed by atoms with van der Waals surface area (Å²) in [5.41, 5.74) is 0.987. The van der Waals surface area contributed by atoms with Gasteiger partial charge in [0.15, 0.2) is 0 Å². The molecule has 2 bridgehead atoms. The molecule has 2 amide bonds. The Bertz CT molecular complexity index is 1050. The van der Waals surface area contributed by atoms with Crippen molar-refractivity contribution >= 4 is 29.5 Å². The number of hydrogen-bond donors (Lipinski definition) is 1. The Labute approximate surface area is 230 Å². The fourth-order valence-corrected chi connectivity index (χ4v) is 8.74. The standard InChI is InChI=1S/C30H40N2O5S/c1-5-7-16-37-29(36)24-23-13-14-30(38-23)25(24)27(34)32(22(19-33)17-20(3)4)26(30)28(35)31(15-6-2)18-21-11-9-8-10-12-21/h5-6,8-12,20,22-26,33H,1-2,7,13-19H2,3-4H3/t22-,23+,24-,25+,26?,30?/m1/s1. The molecule has 3 heterocycles. The van der Waals surface area contributed by atoms with E-state index in [2.05, 4.69) is 13.2 Å². The minimum absolute atomic E-state index is 0.0581. The molecule has 7 nitrogen and oxygen atoms in total. The number of benzene rings is 1. The van der Waals surface area contributed by atoms with Gasteiger partial charge >= 0.3 is 5.97 Å². The molecule has 1 aromatic carbocycles. The second kappa shape index (κ2) is 12.1. The Morgan fingerprint density at radius 3 is 2.63 bits per heavy atom. The molecule has 1 spiro atoms. The summed E-state index contributed by atoms with van der Waals surface area (Å²) in [6.45, 7) is 12.3. The van der Waals surface area contributed by atoms with E-state index >= 15 is 0 Å². The maximum atomic E-state index is 14.5. The van der Waals surface area contributed by atoms with Crippen LogP contribution in [0.1, 0.15) is 45.1 Å². The lowest BCUT2D eigenvalue weighted by Gasteiger charge is -2.40. The van der Waals surface area contributed by atoms with Gasteiger partial charge in [0.1, 0.15) is 6.04 Å². The van der Waals surface area contributed by atoms with E-state index < -0.39 is 28.7 Å². The summed E-state index contributed by atoms with van der Waals surface area (Å²) in [5.74, 6) is -1.74. The van der Waals surface area contributed by atoms with E-state index in [4.69, 9.17) is 4.74 Å². The third-order valence-corrected chi connectivity index (χ3v) is 9.99. The van der Waals surface area contributed by atoms with Crippen LogP contribution >= 0.6 is 11.8 Å². The number of carbonyl (C=O) groups is 3. The second-order valence-electron chi connectivity index (χ2n) is 11.0. The van der Waals surface area contributed by atoms with Crippen molar-refractivity contribution in [2.24, 2.45) is 17.8 Å². The fraction of sp³-hybridized carbons (Fsp3) is 0.567. The van der Waals surface area contributed by atoms with Gasteiger partial charge in [-0.2, -0.15) is 0 Å². The van der Waals surface area contributed by atoms with Crippen LogP contribution in [0.2, 0.25) is 0 Å². The van der Waals surface area contributed by atoms with Gasteiger partial charge in [0, 0.05) is 18.3 Å². The lowest BCUT2D eigenvalue weighted by atomic mass is 9.71. The molecule has 0 saturated carbocycles. The first kappa shape index (κ1) is 28.4. The Morgan fingerprint density at radius 1 is 1.26 bits per heavy atom. The van der Waals surface area contributed by atoms with Gasteiger partial charge in [-0.1, -0.05) is 56.3 Å². The summed E-state index contributed by atoms with van der Waals surface area (Å²) < 4.78 is 4.85. The van der Waals surface area contributed by atoms with Crippen LogP contribution in [-0.4, -0.2) is 74.5 Å². The van der Waals surface area contributed by atoms with Crippen LogP contribution in [0.15, 0.2) is 55.6 Å². The number of likely N-dealkylation sites (tertiary alicyclic amines) is 1. The molecule has 3 aliphatic heterocycles. The number of fused-ring (bicyclic) bond motifs is 1. The maximum Gasteiger partial charge on any atom is 0.310 e. The lowest BCUT2D eigenvalue weighted by Crippen LogP contribution is -2.57. The largest absolute Gasteiger partial charge is 0.465 e. The van der Waals surface area contributed by atoms with Gasteiger partial charge in [0.25, 0.3) is 0 Å². The zero-order valence-corrected chi connectivity index (χ0v) is 23.3. The van der Waals surface area contributed by atoms with Gasteiger partial charge in [-0.05, 0) is 37.2 Å². The highest BCUT2D eigenvalue weighted by Gasteiger charge is 2.74. The smallest absolute Gasteiger partial charge is 0.310 e. The molecule has 2 unspecified atom stereocenters. The predicted molar refractivity (Wildman–Crippen MR) is 149 cm³/mol. The summed E-state index contributed by atoms with van der Waals surface area (Å²) in [6.07, 6.45) is 5.94. The third-order valence-electron chi connectivity index (χ3n) is 8.04. The summed E-state index contributed by atoms with van der Waals surface area (Å²) in [5, 5.41) is 10.4. The molecule has 0 radical (unpaired) electrons. The predicted octanol–water partition coefficient (Wildman–Crippen LogP) is 3.82. The first-order valence-corrected chi connectivity index (χ1v) is 14.5. The number of hydrogen-bond acceptors (Lipinski definition) is 6. The van der Waals surface area contributed by atoms with E-state index in [0.29, 0.717) is 32.4 Å². The molecule has 3 aliphatic rings. The van der Waals surface area contributed by atoms with E-state index in [1.165, 1.54) is 0 Å². The first-order valence-electron chi connectivity index (χ1n) is 13.6. The zero-order chi connectivity index (χ0) is 27.4. The quantitative estimate of drug-likeness (QED) is 0.233. The number of amides is 2. The molecule has 3 saturated heterocycles. The number of thioether (sulfide) groups is 1. The van der Waals surface area contributed by atoms with Gasteiger partial charge in [-0.3, -0.25) is 14.4 Å². The Kier molecular flexibility index (Phi) is 9.04. The van der Waals surface area contributed by atoms with Crippen LogP contribution in [0.3, 0.4) is 0 Å². The molecule has 206 valence electrons. The van der Waals surface area contributed by atoms with Crippen LogP contribution in [0, 0.1) is 17.8 Å². The molecule has 3 fully saturated rings. The number of aliphatic hydroxyl groups excluding tert-OH is 1. The molecular weight excluding hydrogens is 500 g/mol. The van der Waals surface area contributed by atoms with E-state index in [1.54, 1.807) is 33.7 Å². The van der Waals surface area contributed by atoms with Crippen molar-refractivity contribution in [1.29, 1.82) is 0 Å². The highest BCUT2D eigenvalue weighted by molar-refractivity contribution is 8.02. The number of nitrogens with zero attached hydrogens (tertiary/aromatic N) is 2. The molecular formula is C30H40N2O5S. The molecule has 1 N–H and O–H groups in total. The molecule has 6 atom stereocenters. The van der Waals surface area contributed by atoms with Crippen molar-refractivity contribution in [3.8, 4) is 0 Å². The van der Waals surface area contributed by atoms with Crippen LogP contribution in [-0.2, 0) is 25.7 Å². The van der Waals surface area contributed by atoms with Gasteiger partial charge in [0.05, 0.1) is 35.8 Å². The molecule has 1 aromatic rings. The number of esters is 1. The number of aliphatic hydroxyl groups is 1. The normalized spacial score (nSPS) is 28.3. The summed E-state index contributed by atoms with van der Waals surface area (Å²) in [4.78, 5) is 45.4. The molecule has 38 heavy (non-hydrogen) atoms. The van der Waals surface area contributed by atoms with Crippen LogP contribution in [0.4, 0.5) is 0 Å². The van der Waals surface area contributed by atoms with Gasteiger partial charge < -0.3 is 19.6 Å². The minimum Gasteiger partial charge on any atom is -0.465 e. The van der Waals surface area contributed by atoms with Crippen molar-refractivity contribution in [1.82, 2.24) is 9.80 Å². The van der Waals surface area contributed by atoms with Crippen LogP contribution in [0.25, 0.3) is 0 Å². The Balaban J connectivity index is 1.73. The summed E-state index contributed by atoms with van der Waals surface area (Å²) >= 11 is 1.62. The topological polar surface area (TPSA) is 87.2 Å². The molecule has 8 heteroatoms. The van der Waals surface area contributed by atoms with E-state index in [1.807, 2.05) is 44.2 Å². The Hall–Kier alpha value is -2.58. The third kappa shape index (κ3) is 5.17. The lowest BCUT2D eigenvalue weighted by molar-refractivity contribution is -0.154. The van der Waals surface area contributed by atoms with Crippen LogP contribution < -0.4 is 0 Å². The maximum absolute atomic E-state index is 14.5. The van der Waals surface area contributed by atoms with E-state index in [0.717, 1.165) is 12.0 Å². The van der Waals surface area contributed by atoms with Crippen LogP contribution in [0.5, 0.6) is 0 Å². The monoisotopic (exact) mass is 540 g/mol. The number of rotatable bonds is 13. The molecule has 0 aromatic heterocycles. The average Bonchev–Trinajstić information content (AvgIpc) is 3.54. The van der Waals surface area contributed by atoms with E-state index in [-0.39, 0.29) is 42.2 Å². The van der Waals surface area contributed by atoms with Gasteiger partial charge in [0.2, 0.25) is 11.8 Å². The summed E-state index contributed by atoms with van der Waals surface area (Å²) in [6, 6.07) is 8.49. The van der Waals surface area contributed by atoms with Crippen molar-refractivity contribution in [2.75, 3.05) is 19.8 Å². The SMILES string of the molecule is C=CCCOC(=O)[C@@H]1[C@@H]2CCC3(S2)C(C(=O)N(CC=C)Cc2ccccc2)N([C@@H](CO)CC(C)C)C(=O)[C@H]13. The molecule has 0 aliphatic carbocycles. The first-order chi connectivity index (χ1) is 18.3. The fourth-order valence-electron chi connectivity index (χ4n) is 6.56. The highest BCUT2D eigenvalue weighted by Crippen LogP contribution is 2.67. The van der Waals surface area contributed by atoms with Crippen molar-refractivity contribution in [3.05, 3.63) is 61.2 Å². The molecule has 4 rings (SSSR count). The second-order valence-corrected chi connectivity index (χ2v) is 12.6. The van der Waals surface area contributed by atoms with Gasteiger partial charge in [-0.25, -0.2) is 0 Å². The van der Waals surface area contributed by atoms with Crippen molar-refractivity contribution in [3.63, 3.8) is 0 Å². The minimum atomic E-state index is -0.763. The zero-order valence-electron chi connectivity index (χ0n) is 22.5. The summed E-state index contributed by atoms with van der Waals surface area (Å²) in [7, 11) is 0. The van der Waals surface area contributed by atoms with E-state index in [9.17, 15) is 19.5 Å². The van der Waals surface area contributed by atoms with Gasteiger partial charge in [-0.15, -0.1) is 24.9 Å². The Morgan fingerprint density at radius 2 is 2.00 bits per heavy atom. The number of carbonyl (C=O) groups excluding carboxylic acids is 3. The average molecular weight is 541 g/mol. The number of ether oxygens (including phenoxy) is 1.